The summed E-state index contributed by atoms with van der Waals surface area (Å²) in [5.74, 6) is -0.648. The van der Waals surface area contributed by atoms with Crippen molar-refractivity contribution in [3.05, 3.63) is 29.8 Å². The number of rotatable bonds is 4. The number of carbonyl (C=O) groups excluding carboxylic acids is 1. The van der Waals surface area contributed by atoms with E-state index >= 15 is 0 Å². The van der Waals surface area contributed by atoms with Crippen LogP contribution in [-0.4, -0.2) is 24.9 Å². The minimum absolute atomic E-state index is 0.400. The number of carbonyl (C=O) groups is 1. The molecule has 0 heterocycles. The minimum Gasteiger partial charge on any atom is -0.479 e. The standard InChI is InChI=1S/C12H13F3O3/c1-8-3-5-10(6-4-8)18-9(2)11(16)17-7-12(13,14)15/h3-6,9H,7H2,1-2H3. The van der Waals surface area contributed by atoms with E-state index in [2.05, 4.69) is 4.74 Å². The fourth-order valence-electron chi connectivity index (χ4n) is 1.14. The molecular weight excluding hydrogens is 249 g/mol. The zero-order valence-electron chi connectivity index (χ0n) is 9.95. The summed E-state index contributed by atoms with van der Waals surface area (Å²) in [5.41, 5.74) is 1.01. The van der Waals surface area contributed by atoms with Crippen LogP contribution in [0.1, 0.15) is 12.5 Å². The first-order valence-electron chi connectivity index (χ1n) is 5.24. The Morgan fingerprint density at radius 3 is 2.33 bits per heavy atom. The molecule has 0 amide bonds. The summed E-state index contributed by atoms with van der Waals surface area (Å²) < 4.78 is 44.7. The Balaban J connectivity index is 2.47. The Labute approximate surface area is 103 Å². The van der Waals surface area contributed by atoms with Gasteiger partial charge in [0.1, 0.15) is 5.75 Å². The van der Waals surface area contributed by atoms with Crippen LogP contribution in [0.5, 0.6) is 5.75 Å². The third kappa shape index (κ3) is 5.07. The van der Waals surface area contributed by atoms with Crippen LogP contribution < -0.4 is 4.74 Å². The second-order valence-electron chi connectivity index (χ2n) is 3.80. The van der Waals surface area contributed by atoms with Crippen LogP contribution in [-0.2, 0) is 9.53 Å². The van der Waals surface area contributed by atoms with Crippen LogP contribution in [0.4, 0.5) is 13.2 Å². The van der Waals surface area contributed by atoms with Gasteiger partial charge in [-0.3, -0.25) is 0 Å². The topological polar surface area (TPSA) is 35.5 Å². The molecule has 0 aliphatic carbocycles. The molecule has 0 saturated carbocycles. The van der Waals surface area contributed by atoms with Crippen molar-refractivity contribution in [2.45, 2.75) is 26.1 Å². The Kier molecular flexibility index (Phi) is 4.58. The van der Waals surface area contributed by atoms with E-state index in [1.165, 1.54) is 6.92 Å². The van der Waals surface area contributed by atoms with Crippen LogP contribution in [0.15, 0.2) is 24.3 Å². The second-order valence-corrected chi connectivity index (χ2v) is 3.80. The van der Waals surface area contributed by atoms with Crippen LogP contribution in [0.3, 0.4) is 0 Å². The van der Waals surface area contributed by atoms with Gasteiger partial charge in [-0.1, -0.05) is 17.7 Å². The van der Waals surface area contributed by atoms with Crippen molar-refractivity contribution >= 4 is 5.97 Å². The molecule has 0 N–H and O–H groups in total. The molecule has 0 radical (unpaired) electrons. The molecule has 1 unspecified atom stereocenters. The molecule has 3 nitrogen and oxygen atoms in total. The Hall–Kier alpha value is -1.72. The van der Waals surface area contributed by atoms with Crippen molar-refractivity contribution in [3.8, 4) is 5.75 Å². The van der Waals surface area contributed by atoms with Gasteiger partial charge in [0, 0.05) is 0 Å². The minimum atomic E-state index is -4.53. The molecule has 0 aliphatic rings. The summed E-state index contributed by atoms with van der Waals surface area (Å²) >= 11 is 0. The van der Waals surface area contributed by atoms with Crippen LogP contribution in [0, 0.1) is 6.92 Å². The SMILES string of the molecule is Cc1ccc(OC(C)C(=O)OCC(F)(F)F)cc1. The number of ether oxygens (including phenoxy) is 2. The molecule has 0 aromatic heterocycles. The van der Waals surface area contributed by atoms with Crippen molar-refractivity contribution in [2.75, 3.05) is 6.61 Å². The van der Waals surface area contributed by atoms with Gasteiger partial charge >= 0.3 is 12.1 Å². The molecule has 1 aromatic rings. The zero-order chi connectivity index (χ0) is 13.8. The van der Waals surface area contributed by atoms with E-state index in [4.69, 9.17) is 4.74 Å². The maximum atomic E-state index is 11.8. The largest absolute Gasteiger partial charge is 0.479 e. The van der Waals surface area contributed by atoms with Gasteiger partial charge in [-0.15, -0.1) is 0 Å². The molecular formula is C12H13F3O3. The molecule has 0 spiro atoms. The van der Waals surface area contributed by atoms with Crippen LogP contribution in [0.25, 0.3) is 0 Å². The molecule has 1 rings (SSSR count). The third-order valence-corrected chi connectivity index (χ3v) is 2.04. The number of halogens is 3. The van der Waals surface area contributed by atoms with Gasteiger partial charge in [0.25, 0.3) is 0 Å². The normalized spacial score (nSPS) is 12.9. The quantitative estimate of drug-likeness (QED) is 0.783. The van der Waals surface area contributed by atoms with Gasteiger partial charge in [-0.25, -0.2) is 4.79 Å². The maximum Gasteiger partial charge on any atom is 0.422 e. The second kappa shape index (κ2) is 5.75. The lowest BCUT2D eigenvalue weighted by Gasteiger charge is -2.14. The highest BCUT2D eigenvalue weighted by molar-refractivity contribution is 5.74. The number of hydrogen-bond donors (Lipinski definition) is 0. The van der Waals surface area contributed by atoms with E-state index in [0.29, 0.717) is 5.75 Å². The van der Waals surface area contributed by atoms with E-state index < -0.39 is 24.9 Å². The highest BCUT2D eigenvalue weighted by Crippen LogP contribution is 2.16. The molecule has 100 valence electrons. The van der Waals surface area contributed by atoms with E-state index in [9.17, 15) is 18.0 Å². The summed E-state index contributed by atoms with van der Waals surface area (Å²) in [4.78, 5) is 11.2. The average Bonchev–Trinajstić information content (AvgIpc) is 2.28. The summed E-state index contributed by atoms with van der Waals surface area (Å²) in [5, 5.41) is 0. The van der Waals surface area contributed by atoms with Gasteiger partial charge in [-0.2, -0.15) is 13.2 Å². The number of aryl methyl sites for hydroxylation is 1. The van der Waals surface area contributed by atoms with E-state index in [-0.39, 0.29) is 0 Å². The predicted octanol–water partition coefficient (Wildman–Crippen LogP) is 2.87. The highest BCUT2D eigenvalue weighted by Gasteiger charge is 2.31. The van der Waals surface area contributed by atoms with E-state index in [0.717, 1.165) is 5.56 Å². The van der Waals surface area contributed by atoms with Crippen molar-refractivity contribution in [1.29, 1.82) is 0 Å². The molecule has 0 fully saturated rings. The van der Waals surface area contributed by atoms with Crippen molar-refractivity contribution in [2.24, 2.45) is 0 Å². The maximum absolute atomic E-state index is 11.8. The molecule has 18 heavy (non-hydrogen) atoms. The molecule has 6 heteroatoms. The average molecular weight is 262 g/mol. The number of esters is 1. The number of hydrogen-bond acceptors (Lipinski definition) is 3. The van der Waals surface area contributed by atoms with E-state index in [1.807, 2.05) is 6.92 Å². The molecule has 0 bridgehead atoms. The monoisotopic (exact) mass is 262 g/mol. The number of alkyl halides is 3. The summed E-state index contributed by atoms with van der Waals surface area (Å²) in [6.45, 7) is 1.61. The Morgan fingerprint density at radius 1 is 1.28 bits per heavy atom. The van der Waals surface area contributed by atoms with Gasteiger partial charge in [0.15, 0.2) is 12.7 Å². The lowest BCUT2D eigenvalue weighted by Crippen LogP contribution is -2.30. The predicted molar refractivity (Wildman–Crippen MR) is 58.3 cm³/mol. The fraction of sp³-hybridized carbons (Fsp3) is 0.417. The first-order valence-corrected chi connectivity index (χ1v) is 5.24. The van der Waals surface area contributed by atoms with Crippen molar-refractivity contribution in [3.63, 3.8) is 0 Å². The van der Waals surface area contributed by atoms with Gasteiger partial charge in [0.2, 0.25) is 0 Å². The lowest BCUT2D eigenvalue weighted by atomic mass is 10.2. The van der Waals surface area contributed by atoms with Crippen LogP contribution >= 0.6 is 0 Å². The highest BCUT2D eigenvalue weighted by atomic mass is 19.4. The molecule has 0 saturated heterocycles. The van der Waals surface area contributed by atoms with Crippen molar-refractivity contribution in [1.82, 2.24) is 0 Å². The zero-order valence-corrected chi connectivity index (χ0v) is 9.95. The summed E-state index contributed by atoms with van der Waals surface area (Å²) in [6.07, 6.45) is -5.62. The first kappa shape index (κ1) is 14.3. The Bertz CT molecular complexity index is 398. The van der Waals surface area contributed by atoms with Crippen LogP contribution in [0.2, 0.25) is 0 Å². The smallest absolute Gasteiger partial charge is 0.422 e. The summed E-state index contributed by atoms with van der Waals surface area (Å²) in [6, 6.07) is 6.79. The lowest BCUT2D eigenvalue weighted by molar-refractivity contribution is -0.190. The van der Waals surface area contributed by atoms with E-state index in [1.54, 1.807) is 24.3 Å². The number of benzene rings is 1. The molecule has 0 aliphatic heterocycles. The summed E-state index contributed by atoms with van der Waals surface area (Å²) in [7, 11) is 0. The molecule has 1 aromatic carbocycles. The third-order valence-electron chi connectivity index (χ3n) is 2.04. The van der Waals surface area contributed by atoms with Gasteiger partial charge in [0.05, 0.1) is 0 Å². The fourth-order valence-corrected chi connectivity index (χ4v) is 1.14. The molecule has 1 atom stereocenters. The van der Waals surface area contributed by atoms with Crippen molar-refractivity contribution < 1.29 is 27.4 Å². The van der Waals surface area contributed by atoms with Gasteiger partial charge < -0.3 is 9.47 Å². The Morgan fingerprint density at radius 2 is 1.83 bits per heavy atom. The van der Waals surface area contributed by atoms with Gasteiger partial charge in [-0.05, 0) is 26.0 Å². The first-order chi connectivity index (χ1) is 8.28.